The summed E-state index contributed by atoms with van der Waals surface area (Å²) in [5.74, 6) is 0.502. The van der Waals surface area contributed by atoms with Gasteiger partial charge in [-0.3, -0.25) is 4.79 Å². The van der Waals surface area contributed by atoms with E-state index in [1.54, 1.807) is 19.1 Å². The predicted octanol–water partition coefficient (Wildman–Crippen LogP) is 3.21. The number of carbonyl (C=O) groups is 1. The number of thiazole rings is 1. The molecule has 1 N–H and O–H groups in total. The van der Waals surface area contributed by atoms with Gasteiger partial charge in [0.15, 0.2) is 11.0 Å². The van der Waals surface area contributed by atoms with Crippen molar-refractivity contribution in [2.24, 2.45) is 0 Å². The first kappa shape index (κ1) is 15.3. The zero-order chi connectivity index (χ0) is 16.2. The molecule has 0 radical (unpaired) electrons. The molecule has 1 aromatic carbocycles. The van der Waals surface area contributed by atoms with E-state index in [1.165, 1.54) is 23.5 Å². The molecule has 8 heteroatoms. The monoisotopic (exact) mass is 332 g/mol. The van der Waals surface area contributed by atoms with Gasteiger partial charge in [0, 0.05) is 23.8 Å². The highest BCUT2D eigenvalue weighted by atomic mass is 32.1. The van der Waals surface area contributed by atoms with Crippen molar-refractivity contribution in [3.8, 4) is 11.3 Å². The lowest BCUT2D eigenvalue weighted by Gasteiger charge is -1.99. The lowest BCUT2D eigenvalue weighted by molar-refractivity contribution is -0.116. The molecule has 2 heterocycles. The summed E-state index contributed by atoms with van der Waals surface area (Å²) in [7, 11) is 0. The third-order valence-electron chi connectivity index (χ3n) is 3.03. The van der Waals surface area contributed by atoms with Gasteiger partial charge in [-0.2, -0.15) is 4.98 Å². The quantitative estimate of drug-likeness (QED) is 0.776. The summed E-state index contributed by atoms with van der Waals surface area (Å²) in [5.41, 5.74) is 1.49. The number of benzene rings is 1. The Bertz CT molecular complexity index is 813. The molecule has 0 aliphatic carbocycles. The molecule has 1 amide bonds. The van der Waals surface area contributed by atoms with Gasteiger partial charge in [0.25, 0.3) is 0 Å². The van der Waals surface area contributed by atoms with E-state index in [0.717, 1.165) is 5.56 Å². The average molecular weight is 332 g/mol. The molecule has 23 heavy (non-hydrogen) atoms. The van der Waals surface area contributed by atoms with Crippen molar-refractivity contribution in [1.82, 2.24) is 15.1 Å². The number of amides is 1. The third kappa shape index (κ3) is 3.98. The summed E-state index contributed by atoms with van der Waals surface area (Å²) in [6.45, 7) is 1.72. The molecule has 118 valence electrons. The van der Waals surface area contributed by atoms with Crippen molar-refractivity contribution in [1.29, 1.82) is 0 Å². The van der Waals surface area contributed by atoms with Gasteiger partial charge in [-0.15, -0.1) is 11.3 Å². The minimum atomic E-state index is -0.297. The summed E-state index contributed by atoms with van der Waals surface area (Å²) < 4.78 is 17.9. The number of hydrogen-bond acceptors (Lipinski definition) is 6. The van der Waals surface area contributed by atoms with Gasteiger partial charge < -0.3 is 9.84 Å². The summed E-state index contributed by atoms with van der Waals surface area (Å²) in [4.78, 5) is 20.3. The normalized spacial score (nSPS) is 10.7. The molecule has 2 aromatic heterocycles. The second kappa shape index (κ2) is 6.66. The zero-order valence-electron chi connectivity index (χ0n) is 12.2. The van der Waals surface area contributed by atoms with Gasteiger partial charge in [-0.25, -0.2) is 9.37 Å². The molecular formula is C15H13FN4O2S. The number of aromatic nitrogens is 3. The van der Waals surface area contributed by atoms with Gasteiger partial charge in [0.2, 0.25) is 11.8 Å². The SMILES string of the molecule is Cc1noc(CCC(=O)Nc2nc(-c3ccc(F)cc3)cs2)n1. The first-order valence-electron chi connectivity index (χ1n) is 6.90. The largest absolute Gasteiger partial charge is 0.339 e. The molecule has 3 aromatic rings. The molecule has 6 nitrogen and oxygen atoms in total. The molecule has 0 fully saturated rings. The molecule has 3 rings (SSSR count). The van der Waals surface area contributed by atoms with Crippen LogP contribution in [0.15, 0.2) is 34.2 Å². The van der Waals surface area contributed by atoms with Crippen LogP contribution in [0.1, 0.15) is 18.1 Å². The van der Waals surface area contributed by atoms with Crippen molar-refractivity contribution in [3.05, 3.63) is 47.2 Å². The fourth-order valence-corrected chi connectivity index (χ4v) is 2.66. The molecule has 0 atom stereocenters. The van der Waals surface area contributed by atoms with Gasteiger partial charge in [0.1, 0.15) is 5.82 Å². The highest BCUT2D eigenvalue weighted by Gasteiger charge is 2.10. The maximum Gasteiger partial charge on any atom is 0.227 e. The lowest BCUT2D eigenvalue weighted by Crippen LogP contribution is -2.12. The number of halogens is 1. The van der Waals surface area contributed by atoms with E-state index < -0.39 is 0 Å². The minimum absolute atomic E-state index is 0.180. The number of nitrogens with zero attached hydrogens (tertiary/aromatic N) is 3. The standard InChI is InChI=1S/C15H13FN4O2S/c1-9-17-14(22-20-9)7-6-13(21)19-15-18-12(8-23-15)10-2-4-11(16)5-3-10/h2-5,8H,6-7H2,1H3,(H,18,19,21). The van der Waals surface area contributed by atoms with Gasteiger partial charge in [-0.05, 0) is 31.2 Å². The zero-order valence-corrected chi connectivity index (χ0v) is 13.1. The number of rotatable bonds is 5. The van der Waals surface area contributed by atoms with Gasteiger partial charge in [0.05, 0.1) is 5.69 Å². The van der Waals surface area contributed by atoms with Crippen molar-refractivity contribution in [3.63, 3.8) is 0 Å². The number of anilines is 1. The Balaban J connectivity index is 1.58. The third-order valence-corrected chi connectivity index (χ3v) is 3.78. The molecule has 0 aliphatic rings. The van der Waals surface area contributed by atoms with Crippen molar-refractivity contribution in [2.45, 2.75) is 19.8 Å². The first-order valence-corrected chi connectivity index (χ1v) is 7.78. The second-order valence-electron chi connectivity index (χ2n) is 4.83. The summed E-state index contributed by atoms with van der Waals surface area (Å²) in [6, 6.07) is 6.04. The molecule has 0 bridgehead atoms. The van der Waals surface area contributed by atoms with E-state index in [0.29, 0.717) is 29.0 Å². The fourth-order valence-electron chi connectivity index (χ4n) is 1.93. The highest BCUT2D eigenvalue weighted by Crippen LogP contribution is 2.25. The van der Waals surface area contributed by atoms with Crippen molar-refractivity contribution < 1.29 is 13.7 Å². The second-order valence-corrected chi connectivity index (χ2v) is 5.69. The fraction of sp³-hybridized carbons (Fsp3) is 0.200. The van der Waals surface area contributed by atoms with Crippen LogP contribution in [-0.2, 0) is 11.2 Å². The number of aryl methyl sites for hydroxylation is 2. The Hall–Kier alpha value is -2.61. The van der Waals surface area contributed by atoms with Crippen LogP contribution < -0.4 is 5.32 Å². The van der Waals surface area contributed by atoms with Crippen LogP contribution in [-0.4, -0.2) is 21.0 Å². The van der Waals surface area contributed by atoms with Crippen LogP contribution in [0, 0.1) is 12.7 Å². The van der Waals surface area contributed by atoms with E-state index in [2.05, 4.69) is 20.4 Å². The van der Waals surface area contributed by atoms with E-state index >= 15 is 0 Å². The Morgan fingerprint density at radius 3 is 2.78 bits per heavy atom. The van der Waals surface area contributed by atoms with Crippen LogP contribution in [0.2, 0.25) is 0 Å². The van der Waals surface area contributed by atoms with Crippen LogP contribution >= 0.6 is 11.3 Å². The topological polar surface area (TPSA) is 80.9 Å². The number of nitrogens with one attached hydrogen (secondary N) is 1. The highest BCUT2D eigenvalue weighted by molar-refractivity contribution is 7.14. The molecule has 0 spiro atoms. The van der Waals surface area contributed by atoms with Gasteiger partial charge in [-0.1, -0.05) is 5.16 Å². The first-order chi connectivity index (χ1) is 11.1. The van der Waals surface area contributed by atoms with Crippen molar-refractivity contribution >= 4 is 22.4 Å². The summed E-state index contributed by atoms with van der Waals surface area (Å²) in [5, 5.41) is 8.70. The Kier molecular flexibility index (Phi) is 4.42. The summed E-state index contributed by atoms with van der Waals surface area (Å²) in [6.07, 6.45) is 0.607. The number of hydrogen-bond donors (Lipinski definition) is 1. The number of carbonyl (C=O) groups excluding carboxylic acids is 1. The van der Waals surface area contributed by atoms with E-state index in [1.807, 2.05) is 5.38 Å². The van der Waals surface area contributed by atoms with E-state index in [-0.39, 0.29) is 18.1 Å². The van der Waals surface area contributed by atoms with Crippen LogP contribution in [0.25, 0.3) is 11.3 Å². The predicted molar refractivity (Wildman–Crippen MR) is 83.5 cm³/mol. The summed E-state index contributed by atoms with van der Waals surface area (Å²) >= 11 is 1.31. The van der Waals surface area contributed by atoms with E-state index in [9.17, 15) is 9.18 Å². The Labute approximate surface area is 135 Å². The Morgan fingerprint density at radius 2 is 2.09 bits per heavy atom. The minimum Gasteiger partial charge on any atom is -0.339 e. The average Bonchev–Trinajstić information content (AvgIpc) is 3.15. The maximum atomic E-state index is 12.9. The molecule has 0 saturated heterocycles. The van der Waals surface area contributed by atoms with Crippen LogP contribution in [0.3, 0.4) is 0 Å². The van der Waals surface area contributed by atoms with Crippen LogP contribution in [0.5, 0.6) is 0 Å². The maximum absolute atomic E-state index is 12.9. The van der Waals surface area contributed by atoms with Crippen LogP contribution in [0.4, 0.5) is 9.52 Å². The molecule has 0 aliphatic heterocycles. The van der Waals surface area contributed by atoms with Gasteiger partial charge >= 0.3 is 0 Å². The molecule has 0 saturated carbocycles. The Morgan fingerprint density at radius 1 is 1.30 bits per heavy atom. The smallest absolute Gasteiger partial charge is 0.227 e. The lowest BCUT2D eigenvalue weighted by atomic mass is 10.2. The van der Waals surface area contributed by atoms with E-state index in [4.69, 9.17) is 4.52 Å². The molecular weight excluding hydrogens is 319 g/mol. The molecule has 0 unspecified atom stereocenters. The van der Waals surface area contributed by atoms with Crippen molar-refractivity contribution in [2.75, 3.05) is 5.32 Å².